The number of amides is 1. The summed E-state index contributed by atoms with van der Waals surface area (Å²) in [5, 5.41) is 11.7. The molecule has 2 aromatic carbocycles. The first-order valence-electron chi connectivity index (χ1n) is 10.2. The van der Waals surface area contributed by atoms with Crippen LogP contribution in [0.4, 0.5) is 0 Å². The molecule has 0 aromatic heterocycles. The number of rotatable bonds is 8. The Hall–Kier alpha value is -2.48. The Morgan fingerprint density at radius 1 is 1.07 bits per heavy atom. The van der Waals surface area contributed by atoms with E-state index in [-0.39, 0.29) is 24.8 Å². The summed E-state index contributed by atoms with van der Waals surface area (Å²) in [5.74, 6) is 0.0514. The number of aliphatic hydroxyl groups excluding tert-OH is 1. The standard InChI is InChI=1S/C23H28N2O4S/c26-22(11-15-24-30(28,29)18-14-19-7-3-1-4-8-19)25-16-12-21(13-17-25)23(27)20-9-5-2-6-10-20/h1-10,14,18,21,23-24,27H,11-13,15-17H2/b18-14+. The maximum Gasteiger partial charge on any atom is 0.233 e. The number of carbonyl (C=O) groups excluding carboxylic acids is 1. The molecule has 1 aliphatic rings. The van der Waals surface area contributed by atoms with Gasteiger partial charge in [-0.25, -0.2) is 13.1 Å². The van der Waals surface area contributed by atoms with E-state index in [1.807, 2.05) is 60.7 Å². The lowest BCUT2D eigenvalue weighted by Crippen LogP contribution is -2.41. The SMILES string of the molecule is O=C(CCNS(=O)(=O)/C=C/c1ccccc1)N1CCC(C(O)c2ccccc2)CC1. The monoisotopic (exact) mass is 428 g/mol. The van der Waals surface area contributed by atoms with Gasteiger partial charge in [0.2, 0.25) is 15.9 Å². The van der Waals surface area contributed by atoms with Gasteiger partial charge in [0.15, 0.2) is 0 Å². The molecule has 1 heterocycles. The van der Waals surface area contributed by atoms with Gasteiger partial charge in [0.05, 0.1) is 6.10 Å². The highest BCUT2D eigenvalue weighted by molar-refractivity contribution is 7.92. The molecule has 3 rings (SSSR count). The van der Waals surface area contributed by atoms with Crippen LogP contribution in [0.2, 0.25) is 0 Å². The zero-order valence-electron chi connectivity index (χ0n) is 16.9. The van der Waals surface area contributed by atoms with Gasteiger partial charge >= 0.3 is 0 Å². The maximum absolute atomic E-state index is 12.4. The number of sulfonamides is 1. The van der Waals surface area contributed by atoms with Crippen LogP contribution in [0, 0.1) is 5.92 Å². The molecule has 0 bridgehead atoms. The molecule has 1 saturated heterocycles. The fourth-order valence-corrected chi connectivity index (χ4v) is 4.44. The smallest absolute Gasteiger partial charge is 0.233 e. The molecule has 1 aliphatic heterocycles. The van der Waals surface area contributed by atoms with Crippen molar-refractivity contribution in [1.29, 1.82) is 0 Å². The van der Waals surface area contributed by atoms with Crippen LogP contribution in [0.3, 0.4) is 0 Å². The number of hydrogen-bond acceptors (Lipinski definition) is 4. The minimum atomic E-state index is -3.59. The van der Waals surface area contributed by atoms with Crippen molar-refractivity contribution in [3.05, 3.63) is 77.2 Å². The lowest BCUT2D eigenvalue weighted by Gasteiger charge is -2.34. The average Bonchev–Trinajstić information content (AvgIpc) is 2.78. The lowest BCUT2D eigenvalue weighted by atomic mass is 9.87. The minimum Gasteiger partial charge on any atom is -0.388 e. The summed E-state index contributed by atoms with van der Waals surface area (Å²) in [6, 6.07) is 18.7. The van der Waals surface area contributed by atoms with E-state index in [0.717, 1.165) is 29.4 Å². The number of likely N-dealkylation sites (tertiary alicyclic amines) is 1. The van der Waals surface area contributed by atoms with Crippen LogP contribution >= 0.6 is 0 Å². The van der Waals surface area contributed by atoms with Gasteiger partial charge in [-0.05, 0) is 36.0 Å². The molecule has 160 valence electrons. The molecule has 0 spiro atoms. The van der Waals surface area contributed by atoms with Gasteiger partial charge < -0.3 is 10.0 Å². The van der Waals surface area contributed by atoms with E-state index in [2.05, 4.69) is 4.72 Å². The van der Waals surface area contributed by atoms with E-state index in [0.29, 0.717) is 13.1 Å². The fraction of sp³-hybridized carbons (Fsp3) is 0.348. The quantitative estimate of drug-likeness (QED) is 0.677. The summed E-state index contributed by atoms with van der Waals surface area (Å²) in [4.78, 5) is 14.2. The van der Waals surface area contributed by atoms with E-state index in [9.17, 15) is 18.3 Å². The van der Waals surface area contributed by atoms with Crippen molar-refractivity contribution in [3.8, 4) is 0 Å². The van der Waals surface area contributed by atoms with E-state index in [1.165, 1.54) is 6.08 Å². The fourth-order valence-electron chi connectivity index (χ4n) is 3.63. The van der Waals surface area contributed by atoms with E-state index in [1.54, 1.807) is 4.90 Å². The van der Waals surface area contributed by atoms with Crippen LogP contribution < -0.4 is 4.72 Å². The van der Waals surface area contributed by atoms with Crippen molar-refractivity contribution in [2.24, 2.45) is 5.92 Å². The zero-order chi connectivity index (χ0) is 21.4. The molecule has 1 atom stereocenters. The third-order valence-electron chi connectivity index (χ3n) is 5.36. The molecule has 6 nitrogen and oxygen atoms in total. The number of aliphatic hydroxyl groups is 1. The largest absolute Gasteiger partial charge is 0.388 e. The Morgan fingerprint density at radius 2 is 1.67 bits per heavy atom. The lowest BCUT2D eigenvalue weighted by molar-refractivity contribution is -0.133. The minimum absolute atomic E-state index is 0.0624. The molecular weight excluding hydrogens is 400 g/mol. The summed E-state index contributed by atoms with van der Waals surface area (Å²) in [5.41, 5.74) is 1.69. The third kappa shape index (κ3) is 6.52. The van der Waals surface area contributed by atoms with Crippen LogP contribution in [-0.2, 0) is 14.8 Å². The van der Waals surface area contributed by atoms with Crippen molar-refractivity contribution >= 4 is 22.0 Å². The Kier molecular flexibility index (Phi) is 7.79. The predicted octanol–water partition coefficient (Wildman–Crippen LogP) is 2.94. The highest BCUT2D eigenvalue weighted by atomic mass is 32.2. The maximum atomic E-state index is 12.4. The number of hydrogen-bond donors (Lipinski definition) is 2. The van der Waals surface area contributed by atoms with Crippen LogP contribution in [-0.4, -0.2) is 44.0 Å². The van der Waals surface area contributed by atoms with E-state index < -0.39 is 16.1 Å². The van der Waals surface area contributed by atoms with Gasteiger partial charge in [0.25, 0.3) is 0 Å². The van der Waals surface area contributed by atoms with Gasteiger partial charge in [-0.1, -0.05) is 60.7 Å². The first kappa shape index (κ1) is 22.2. The number of nitrogens with zero attached hydrogens (tertiary/aromatic N) is 1. The molecule has 1 amide bonds. The summed E-state index contributed by atoms with van der Waals surface area (Å²) < 4.78 is 26.6. The average molecular weight is 429 g/mol. The van der Waals surface area contributed by atoms with Crippen LogP contribution in [0.5, 0.6) is 0 Å². The van der Waals surface area contributed by atoms with Gasteiger partial charge in [0.1, 0.15) is 0 Å². The summed E-state index contributed by atoms with van der Waals surface area (Å²) in [6.07, 6.45) is 2.57. The second kappa shape index (κ2) is 10.5. The zero-order valence-corrected chi connectivity index (χ0v) is 17.7. The summed E-state index contributed by atoms with van der Waals surface area (Å²) in [6.45, 7) is 1.22. The molecule has 30 heavy (non-hydrogen) atoms. The predicted molar refractivity (Wildman–Crippen MR) is 118 cm³/mol. The first-order valence-corrected chi connectivity index (χ1v) is 11.7. The molecule has 0 aliphatic carbocycles. The molecule has 1 fully saturated rings. The Labute approximate surface area is 178 Å². The van der Waals surface area contributed by atoms with Gasteiger partial charge in [-0.2, -0.15) is 0 Å². The normalized spacial score (nSPS) is 16.6. The van der Waals surface area contributed by atoms with E-state index in [4.69, 9.17) is 0 Å². The van der Waals surface area contributed by atoms with Crippen LogP contribution in [0.1, 0.15) is 36.5 Å². The number of benzene rings is 2. The number of piperidine rings is 1. The van der Waals surface area contributed by atoms with Gasteiger partial charge in [-0.15, -0.1) is 0 Å². The molecule has 0 radical (unpaired) electrons. The summed E-state index contributed by atoms with van der Waals surface area (Å²) in [7, 11) is -3.59. The number of nitrogens with one attached hydrogen (secondary N) is 1. The highest BCUT2D eigenvalue weighted by Crippen LogP contribution is 2.30. The van der Waals surface area contributed by atoms with Crippen LogP contribution in [0.25, 0.3) is 6.08 Å². The third-order valence-corrected chi connectivity index (χ3v) is 6.46. The van der Waals surface area contributed by atoms with Crippen molar-refractivity contribution in [1.82, 2.24) is 9.62 Å². The van der Waals surface area contributed by atoms with Crippen molar-refractivity contribution < 1.29 is 18.3 Å². The Bertz CT molecular complexity index is 938. The molecular formula is C23H28N2O4S. The molecule has 1 unspecified atom stereocenters. The molecule has 7 heteroatoms. The second-order valence-corrected chi connectivity index (χ2v) is 9.13. The van der Waals surface area contributed by atoms with Crippen LogP contribution in [0.15, 0.2) is 66.1 Å². The van der Waals surface area contributed by atoms with Gasteiger partial charge in [0, 0.05) is 31.5 Å². The molecule has 2 aromatic rings. The second-order valence-electron chi connectivity index (χ2n) is 7.48. The van der Waals surface area contributed by atoms with Crippen molar-refractivity contribution in [2.75, 3.05) is 19.6 Å². The van der Waals surface area contributed by atoms with Crippen molar-refractivity contribution in [2.45, 2.75) is 25.4 Å². The van der Waals surface area contributed by atoms with Gasteiger partial charge in [-0.3, -0.25) is 4.79 Å². The van der Waals surface area contributed by atoms with Crippen molar-refractivity contribution in [3.63, 3.8) is 0 Å². The Morgan fingerprint density at radius 3 is 2.30 bits per heavy atom. The number of carbonyl (C=O) groups is 1. The topological polar surface area (TPSA) is 86.7 Å². The highest BCUT2D eigenvalue weighted by Gasteiger charge is 2.28. The molecule has 2 N–H and O–H groups in total. The Balaban J connectivity index is 1.41. The first-order chi connectivity index (χ1) is 14.4. The molecule has 0 saturated carbocycles. The van der Waals surface area contributed by atoms with E-state index >= 15 is 0 Å². The summed E-state index contributed by atoms with van der Waals surface area (Å²) >= 11 is 0.